The highest BCUT2D eigenvalue weighted by Gasteiger charge is 2.30. The Morgan fingerprint density at radius 2 is 2.45 bits per heavy atom. The number of hydrogen-bond donors (Lipinski definition) is 1. The fourth-order valence-electron chi connectivity index (χ4n) is 1.09. The molecule has 0 aliphatic carbocycles. The van der Waals surface area contributed by atoms with Crippen molar-refractivity contribution in [3.8, 4) is 0 Å². The lowest BCUT2D eigenvalue weighted by Gasteiger charge is -2.12. The molecule has 0 aromatic rings. The smallest absolute Gasteiger partial charge is 0.137 e. The van der Waals surface area contributed by atoms with Crippen molar-refractivity contribution in [3.63, 3.8) is 0 Å². The predicted molar refractivity (Wildman–Crippen MR) is 43.9 cm³/mol. The lowest BCUT2D eigenvalue weighted by Crippen LogP contribution is -2.21. The van der Waals surface area contributed by atoms with Gasteiger partial charge in [-0.15, -0.1) is 0 Å². The third-order valence-corrected chi connectivity index (χ3v) is 1.75. The van der Waals surface area contributed by atoms with Crippen LogP contribution >= 0.6 is 0 Å². The zero-order chi connectivity index (χ0) is 8.43. The minimum absolute atomic E-state index is 0.199. The van der Waals surface area contributed by atoms with Crippen LogP contribution in [0.15, 0.2) is 16.5 Å². The van der Waals surface area contributed by atoms with Gasteiger partial charge in [0.1, 0.15) is 19.4 Å². The Labute approximate surface area is 67.2 Å². The normalized spacial score (nSPS) is 30.3. The number of aliphatic hydroxyl groups is 1. The number of aliphatic hydroxyl groups excluding tert-OH is 1. The van der Waals surface area contributed by atoms with Gasteiger partial charge in [-0.1, -0.05) is 0 Å². The molecule has 0 saturated carbocycles. The molecular weight excluding hydrogens is 141 g/mol. The highest BCUT2D eigenvalue weighted by molar-refractivity contribution is 6.11. The molecule has 1 heterocycles. The molecule has 0 aromatic carbocycles. The van der Waals surface area contributed by atoms with E-state index in [-0.39, 0.29) is 11.7 Å². The molecule has 0 aromatic heterocycles. The van der Waals surface area contributed by atoms with Crippen LogP contribution in [0.4, 0.5) is 0 Å². The van der Waals surface area contributed by atoms with E-state index in [1.807, 2.05) is 0 Å². The van der Waals surface area contributed by atoms with Crippen molar-refractivity contribution in [1.29, 1.82) is 0 Å². The van der Waals surface area contributed by atoms with Gasteiger partial charge in [-0.3, -0.25) is 0 Å². The first-order valence-corrected chi connectivity index (χ1v) is 3.41. The van der Waals surface area contributed by atoms with Crippen LogP contribution in [0.5, 0.6) is 0 Å². The molecule has 1 aliphatic rings. The van der Waals surface area contributed by atoms with Gasteiger partial charge in [0.2, 0.25) is 0 Å². The van der Waals surface area contributed by atoms with Crippen LogP contribution in [0.25, 0.3) is 0 Å². The Morgan fingerprint density at radius 3 is 2.82 bits per heavy atom. The molecule has 2 radical (unpaired) electrons. The molecule has 0 fully saturated rings. The summed E-state index contributed by atoms with van der Waals surface area (Å²) in [6, 6.07) is -0.472. The summed E-state index contributed by atoms with van der Waals surface area (Å²) in [6.07, 6.45) is 0. The molecule has 58 valence electrons. The second kappa shape index (κ2) is 2.99. The van der Waals surface area contributed by atoms with Crippen LogP contribution in [0.2, 0.25) is 0 Å². The van der Waals surface area contributed by atoms with Crippen LogP contribution < -0.4 is 0 Å². The number of rotatable bonds is 2. The lowest BCUT2D eigenvalue weighted by molar-refractivity contribution is 0.182. The van der Waals surface area contributed by atoms with Gasteiger partial charge >= 0.3 is 0 Å². The Kier molecular flexibility index (Phi) is 2.22. The van der Waals surface area contributed by atoms with Gasteiger partial charge in [0.25, 0.3) is 0 Å². The van der Waals surface area contributed by atoms with Gasteiger partial charge in [-0.05, 0) is 13.6 Å². The maximum Gasteiger partial charge on any atom is 0.137 e. The number of hydrogen-bond acceptors (Lipinski definition) is 3. The summed E-state index contributed by atoms with van der Waals surface area (Å²) in [6.45, 7) is 5.41. The third-order valence-electron chi connectivity index (χ3n) is 1.75. The van der Waals surface area contributed by atoms with E-state index in [0.717, 1.165) is 0 Å². The molecule has 2 atom stereocenters. The summed E-state index contributed by atoms with van der Waals surface area (Å²) in [4.78, 5) is 3.65. The first-order valence-electron chi connectivity index (χ1n) is 3.41. The molecular formula is C7H10BNO2. The fourth-order valence-corrected chi connectivity index (χ4v) is 1.09. The van der Waals surface area contributed by atoms with E-state index in [0.29, 0.717) is 12.3 Å². The van der Waals surface area contributed by atoms with Crippen LogP contribution in [0.3, 0.4) is 0 Å². The molecule has 4 heteroatoms. The van der Waals surface area contributed by atoms with Gasteiger partial charge in [-0.2, -0.15) is 0 Å². The Balaban J connectivity index is 2.70. The van der Waals surface area contributed by atoms with E-state index >= 15 is 0 Å². The number of nitrogens with zero attached hydrogens (tertiary/aromatic N) is 1. The molecule has 3 nitrogen and oxygen atoms in total. The van der Waals surface area contributed by atoms with Crippen LogP contribution in [-0.4, -0.2) is 32.2 Å². The summed E-state index contributed by atoms with van der Waals surface area (Å²) in [5.41, 5.74) is 0. The molecule has 0 amide bonds. The van der Waals surface area contributed by atoms with Crippen LogP contribution in [0.1, 0.15) is 6.92 Å². The van der Waals surface area contributed by atoms with Crippen molar-refractivity contribution >= 4 is 14.6 Å². The topological polar surface area (TPSA) is 41.8 Å². The molecule has 11 heavy (non-hydrogen) atoms. The predicted octanol–water partition coefficient (Wildman–Crippen LogP) is 0.617. The molecule has 0 bridgehead atoms. The molecule has 1 unspecified atom stereocenters. The van der Waals surface area contributed by atoms with Crippen molar-refractivity contribution in [2.75, 3.05) is 6.54 Å². The van der Waals surface area contributed by atoms with E-state index in [1.54, 1.807) is 6.92 Å². The lowest BCUT2D eigenvalue weighted by atomic mass is 9.87. The monoisotopic (exact) mass is 151 g/mol. The first kappa shape index (κ1) is 8.17. The molecule has 0 saturated heterocycles. The van der Waals surface area contributed by atoms with Crippen molar-refractivity contribution < 1.29 is 9.84 Å². The van der Waals surface area contributed by atoms with Crippen molar-refractivity contribution in [2.24, 2.45) is 10.9 Å². The van der Waals surface area contributed by atoms with Gasteiger partial charge < -0.3 is 14.8 Å². The van der Waals surface area contributed by atoms with E-state index in [1.165, 1.54) is 0 Å². The second-order valence-corrected chi connectivity index (χ2v) is 2.54. The Hall–Kier alpha value is -0.925. The standard InChI is InChI=1S/C7H10BNO2/c1-4-6(10)5(3-9-2)7(8)11-4/h5,7,10H,2-3H2,1H3/t5?,7-/m1/s1. The van der Waals surface area contributed by atoms with E-state index in [9.17, 15) is 5.11 Å². The number of ether oxygens (including phenoxy) is 1. The van der Waals surface area contributed by atoms with E-state index < -0.39 is 6.00 Å². The van der Waals surface area contributed by atoms with Crippen molar-refractivity contribution in [3.05, 3.63) is 11.5 Å². The van der Waals surface area contributed by atoms with E-state index in [4.69, 9.17) is 12.6 Å². The molecule has 0 spiro atoms. The maximum absolute atomic E-state index is 9.35. The highest BCUT2D eigenvalue weighted by atomic mass is 16.5. The van der Waals surface area contributed by atoms with Crippen LogP contribution in [-0.2, 0) is 4.74 Å². The van der Waals surface area contributed by atoms with Crippen molar-refractivity contribution in [2.45, 2.75) is 12.9 Å². The molecule has 1 rings (SSSR count). The molecule has 1 aliphatic heterocycles. The summed E-state index contributed by atoms with van der Waals surface area (Å²) in [5, 5.41) is 9.35. The second-order valence-electron chi connectivity index (χ2n) is 2.54. The minimum Gasteiger partial charge on any atom is -0.508 e. The summed E-state index contributed by atoms with van der Waals surface area (Å²) in [7, 11) is 5.53. The SMILES string of the molecule is [B][C@@H]1OC(C)=C(O)C1CN=C. The van der Waals surface area contributed by atoms with Crippen LogP contribution in [0, 0.1) is 5.92 Å². The maximum atomic E-state index is 9.35. The van der Waals surface area contributed by atoms with Crippen molar-refractivity contribution in [1.82, 2.24) is 0 Å². The molecule has 1 N–H and O–H groups in total. The van der Waals surface area contributed by atoms with Gasteiger partial charge in [0.15, 0.2) is 0 Å². The largest absolute Gasteiger partial charge is 0.508 e. The third kappa shape index (κ3) is 1.39. The van der Waals surface area contributed by atoms with Gasteiger partial charge in [0, 0.05) is 0 Å². The van der Waals surface area contributed by atoms with Gasteiger partial charge in [-0.25, -0.2) is 0 Å². The Bertz CT molecular complexity index is 203. The van der Waals surface area contributed by atoms with E-state index in [2.05, 4.69) is 11.7 Å². The minimum atomic E-state index is -0.472. The first-order chi connectivity index (χ1) is 5.16. The number of aliphatic imine (C=N–C) groups is 1. The fraction of sp³-hybridized carbons (Fsp3) is 0.571. The Morgan fingerprint density at radius 1 is 1.82 bits per heavy atom. The highest BCUT2D eigenvalue weighted by Crippen LogP contribution is 2.27. The van der Waals surface area contributed by atoms with Gasteiger partial charge in [0.05, 0.1) is 18.5 Å². The summed E-state index contributed by atoms with van der Waals surface area (Å²) >= 11 is 0. The summed E-state index contributed by atoms with van der Waals surface area (Å²) < 4.78 is 5.06. The average molecular weight is 151 g/mol. The summed E-state index contributed by atoms with van der Waals surface area (Å²) in [5.74, 6) is 0.476. The number of allylic oxidation sites excluding steroid dienone is 1. The average Bonchev–Trinajstić information content (AvgIpc) is 2.17. The quantitative estimate of drug-likeness (QED) is 0.464. The zero-order valence-corrected chi connectivity index (χ0v) is 6.45. The zero-order valence-electron chi connectivity index (χ0n) is 6.45.